The van der Waals surface area contributed by atoms with Crippen LogP contribution in [0.4, 0.5) is 0 Å². The van der Waals surface area contributed by atoms with E-state index in [1.54, 1.807) is 0 Å². The largest absolute Gasteiger partial charge is 0.462 e. The van der Waals surface area contributed by atoms with Crippen molar-refractivity contribution in [3.05, 3.63) is 0 Å². The second kappa shape index (κ2) is 2.98. The second-order valence-corrected chi connectivity index (χ2v) is 5.72. The van der Waals surface area contributed by atoms with Crippen LogP contribution in [0.2, 0.25) is 0 Å². The van der Waals surface area contributed by atoms with Gasteiger partial charge in [0.05, 0.1) is 0 Å². The highest BCUT2D eigenvalue weighted by Gasteiger charge is 2.56. The van der Waals surface area contributed by atoms with Crippen LogP contribution < -0.4 is 0 Å². The third-order valence-electron chi connectivity index (χ3n) is 4.22. The van der Waals surface area contributed by atoms with Crippen LogP contribution in [0, 0.1) is 23.2 Å². The highest BCUT2D eigenvalue weighted by atomic mass is 16.5. The number of ether oxygens (including phenoxy) is 1. The first kappa shape index (κ1) is 10.0. The molecular weight excluding hydrogens is 176 g/mol. The van der Waals surface area contributed by atoms with Gasteiger partial charge in [0.15, 0.2) is 0 Å². The normalized spacial score (nSPS) is 44.0. The molecule has 0 aliphatic heterocycles. The fourth-order valence-corrected chi connectivity index (χ4v) is 2.97. The number of rotatable bonds is 1. The van der Waals surface area contributed by atoms with E-state index in [-0.39, 0.29) is 12.1 Å². The first-order valence-corrected chi connectivity index (χ1v) is 5.59. The molecule has 0 saturated heterocycles. The lowest BCUT2D eigenvalue weighted by molar-refractivity contribution is -0.155. The number of esters is 1. The van der Waals surface area contributed by atoms with E-state index in [0.717, 1.165) is 5.92 Å². The van der Waals surface area contributed by atoms with Crippen molar-refractivity contribution in [3.63, 3.8) is 0 Å². The Balaban J connectivity index is 2.11. The van der Waals surface area contributed by atoms with Crippen molar-refractivity contribution in [1.29, 1.82) is 0 Å². The molecule has 0 aromatic carbocycles. The molecule has 2 aliphatic carbocycles. The topological polar surface area (TPSA) is 26.3 Å². The van der Waals surface area contributed by atoms with Crippen molar-refractivity contribution in [3.8, 4) is 0 Å². The average molecular weight is 196 g/mol. The molecule has 2 heteroatoms. The van der Waals surface area contributed by atoms with Crippen LogP contribution in [0.1, 0.15) is 40.5 Å². The minimum Gasteiger partial charge on any atom is -0.462 e. The average Bonchev–Trinajstić information content (AvgIpc) is 2.75. The van der Waals surface area contributed by atoms with Crippen LogP contribution >= 0.6 is 0 Å². The van der Waals surface area contributed by atoms with Crippen LogP contribution in [-0.4, -0.2) is 12.1 Å². The number of fused-ring (bicyclic) bond motifs is 1. The third-order valence-corrected chi connectivity index (χ3v) is 4.22. The summed E-state index contributed by atoms with van der Waals surface area (Å²) in [7, 11) is 0. The van der Waals surface area contributed by atoms with Crippen molar-refractivity contribution in [2.24, 2.45) is 23.2 Å². The Hall–Kier alpha value is -0.530. The van der Waals surface area contributed by atoms with Crippen LogP contribution in [0.15, 0.2) is 0 Å². The highest BCUT2D eigenvalue weighted by molar-refractivity contribution is 5.66. The van der Waals surface area contributed by atoms with Gasteiger partial charge in [0, 0.05) is 6.92 Å². The molecule has 0 heterocycles. The fraction of sp³-hybridized carbons (Fsp3) is 0.917. The first-order valence-electron chi connectivity index (χ1n) is 5.59. The number of carbonyl (C=O) groups excluding carboxylic acids is 1. The maximum Gasteiger partial charge on any atom is 0.302 e. The molecule has 2 rings (SSSR count). The molecule has 0 N–H and O–H groups in total. The zero-order valence-corrected chi connectivity index (χ0v) is 9.54. The van der Waals surface area contributed by atoms with Crippen LogP contribution in [0.3, 0.4) is 0 Å². The summed E-state index contributed by atoms with van der Waals surface area (Å²) in [6.07, 6.45) is 2.75. The molecule has 2 saturated carbocycles. The van der Waals surface area contributed by atoms with Crippen molar-refractivity contribution >= 4 is 5.97 Å². The molecule has 0 spiro atoms. The minimum absolute atomic E-state index is 0.120. The van der Waals surface area contributed by atoms with Crippen LogP contribution in [0.25, 0.3) is 0 Å². The third kappa shape index (κ3) is 1.55. The van der Waals surface area contributed by atoms with Crippen molar-refractivity contribution in [1.82, 2.24) is 0 Å². The molecular formula is C12H20O2. The molecule has 80 valence electrons. The van der Waals surface area contributed by atoms with Gasteiger partial charge in [-0.15, -0.1) is 0 Å². The summed E-state index contributed by atoms with van der Waals surface area (Å²) in [6, 6.07) is 0. The summed E-state index contributed by atoms with van der Waals surface area (Å²) in [5.41, 5.74) is 0.331. The van der Waals surface area contributed by atoms with E-state index in [1.165, 1.54) is 19.8 Å². The SMILES string of the molecule is CC(=O)OC1C2CC2CC(C)(C)C1C. The molecule has 4 atom stereocenters. The predicted molar refractivity (Wildman–Crippen MR) is 54.7 cm³/mol. The Labute approximate surface area is 86.0 Å². The van der Waals surface area contributed by atoms with E-state index in [4.69, 9.17) is 4.74 Å². The number of hydrogen-bond acceptors (Lipinski definition) is 2. The van der Waals surface area contributed by atoms with E-state index in [2.05, 4.69) is 20.8 Å². The molecule has 2 nitrogen and oxygen atoms in total. The maximum atomic E-state index is 11.0. The van der Waals surface area contributed by atoms with Gasteiger partial charge in [-0.2, -0.15) is 0 Å². The minimum atomic E-state index is -0.120. The van der Waals surface area contributed by atoms with Gasteiger partial charge in [-0.25, -0.2) is 0 Å². The number of carbonyl (C=O) groups is 1. The Morgan fingerprint density at radius 2 is 2.07 bits per heavy atom. The van der Waals surface area contributed by atoms with Crippen molar-refractivity contribution < 1.29 is 9.53 Å². The maximum absolute atomic E-state index is 11.0. The summed E-state index contributed by atoms with van der Waals surface area (Å²) in [5.74, 6) is 1.87. The molecule has 0 amide bonds. The quantitative estimate of drug-likeness (QED) is 0.603. The van der Waals surface area contributed by atoms with Gasteiger partial charge in [-0.05, 0) is 36.0 Å². The molecule has 0 radical (unpaired) electrons. The van der Waals surface area contributed by atoms with Gasteiger partial charge in [-0.1, -0.05) is 20.8 Å². The van der Waals surface area contributed by atoms with Crippen molar-refractivity contribution in [2.75, 3.05) is 0 Å². The molecule has 0 aromatic rings. The van der Waals surface area contributed by atoms with Gasteiger partial charge in [0.2, 0.25) is 0 Å². The molecule has 0 aromatic heterocycles. The summed E-state index contributed by atoms with van der Waals surface area (Å²) >= 11 is 0. The molecule has 4 unspecified atom stereocenters. The Morgan fingerprint density at radius 3 is 2.64 bits per heavy atom. The van der Waals surface area contributed by atoms with E-state index in [0.29, 0.717) is 17.3 Å². The van der Waals surface area contributed by atoms with E-state index in [1.807, 2.05) is 0 Å². The molecule has 0 bridgehead atoms. The smallest absolute Gasteiger partial charge is 0.302 e. The fourth-order valence-electron chi connectivity index (χ4n) is 2.97. The molecule has 2 fully saturated rings. The molecule has 14 heavy (non-hydrogen) atoms. The van der Waals surface area contributed by atoms with Gasteiger partial charge < -0.3 is 4.74 Å². The lowest BCUT2D eigenvalue weighted by Crippen LogP contribution is -2.40. The zero-order chi connectivity index (χ0) is 10.5. The number of hydrogen-bond donors (Lipinski definition) is 0. The van der Waals surface area contributed by atoms with Crippen LogP contribution in [-0.2, 0) is 9.53 Å². The zero-order valence-electron chi connectivity index (χ0n) is 9.54. The van der Waals surface area contributed by atoms with Gasteiger partial charge >= 0.3 is 5.97 Å². The molecule has 2 aliphatic rings. The van der Waals surface area contributed by atoms with E-state index < -0.39 is 0 Å². The van der Waals surface area contributed by atoms with Crippen LogP contribution in [0.5, 0.6) is 0 Å². The monoisotopic (exact) mass is 196 g/mol. The van der Waals surface area contributed by atoms with Crippen molar-refractivity contribution in [2.45, 2.75) is 46.6 Å². The van der Waals surface area contributed by atoms with E-state index >= 15 is 0 Å². The Morgan fingerprint density at radius 1 is 1.43 bits per heavy atom. The summed E-state index contributed by atoms with van der Waals surface area (Å²) in [6.45, 7) is 8.33. The van der Waals surface area contributed by atoms with Gasteiger partial charge in [0.1, 0.15) is 6.10 Å². The summed E-state index contributed by atoms with van der Waals surface area (Å²) in [4.78, 5) is 11.0. The van der Waals surface area contributed by atoms with Gasteiger partial charge in [0.25, 0.3) is 0 Å². The summed E-state index contributed by atoms with van der Waals surface area (Å²) < 4.78 is 5.45. The predicted octanol–water partition coefficient (Wildman–Crippen LogP) is 2.62. The lowest BCUT2D eigenvalue weighted by atomic mass is 9.68. The Kier molecular flexibility index (Phi) is 2.13. The van der Waals surface area contributed by atoms with Gasteiger partial charge in [-0.3, -0.25) is 4.79 Å². The second-order valence-electron chi connectivity index (χ2n) is 5.72. The standard InChI is InChI=1S/C12H20O2/c1-7-11(14-8(2)13)10-5-9(10)6-12(7,3)4/h7,9-11H,5-6H2,1-4H3. The lowest BCUT2D eigenvalue weighted by Gasteiger charge is -2.41. The summed E-state index contributed by atoms with van der Waals surface area (Å²) in [5, 5.41) is 0. The highest BCUT2D eigenvalue weighted by Crippen LogP contribution is 2.58. The first-order chi connectivity index (χ1) is 6.42. The van der Waals surface area contributed by atoms with E-state index in [9.17, 15) is 4.79 Å². The Bertz CT molecular complexity index is 257.